The molecule has 3 aromatic heterocycles. The van der Waals surface area contributed by atoms with E-state index in [-0.39, 0.29) is 28.3 Å². The first-order chi connectivity index (χ1) is 16.9. The van der Waals surface area contributed by atoms with Crippen molar-refractivity contribution in [2.75, 3.05) is 20.8 Å². The summed E-state index contributed by atoms with van der Waals surface area (Å²) >= 11 is 3.35. The minimum atomic E-state index is -2.09. The van der Waals surface area contributed by atoms with Gasteiger partial charge in [0.25, 0.3) is 5.56 Å². The highest BCUT2D eigenvalue weighted by molar-refractivity contribution is 9.10. The number of imidazole rings is 2. The molecule has 0 aliphatic carbocycles. The first-order valence-corrected chi connectivity index (χ1v) is 12.4. The Morgan fingerprint density at radius 2 is 2.11 bits per heavy atom. The Morgan fingerprint density at radius 3 is 2.89 bits per heavy atom. The van der Waals surface area contributed by atoms with E-state index in [2.05, 4.69) is 30.9 Å². The molecule has 35 heavy (non-hydrogen) atoms. The van der Waals surface area contributed by atoms with Crippen LogP contribution < -0.4 is 15.0 Å². The quantitative estimate of drug-likeness (QED) is 0.245. The third-order valence-electron chi connectivity index (χ3n) is 6.03. The van der Waals surface area contributed by atoms with Crippen LogP contribution in [0.25, 0.3) is 28.2 Å². The van der Waals surface area contributed by atoms with E-state index in [0.717, 1.165) is 0 Å². The van der Waals surface area contributed by atoms with E-state index in [0.29, 0.717) is 22.8 Å². The van der Waals surface area contributed by atoms with Crippen LogP contribution in [0.3, 0.4) is 0 Å². The molecular weight excluding hydrogens is 549 g/mol. The summed E-state index contributed by atoms with van der Waals surface area (Å²) in [5.74, 6) is 1.44. The largest absolute Gasteiger partial charge is 0.497 e. The summed E-state index contributed by atoms with van der Waals surface area (Å²) in [6.07, 6.45) is -1.91. The van der Waals surface area contributed by atoms with Crippen molar-refractivity contribution in [1.82, 2.24) is 23.9 Å². The molecule has 2 aliphatic rings. The van der Waals surface area contributed by atoms with Gasteiger partial charge in [-0.15, -0.1) is 0 Å². The number of halogens is 1. The molecule has 2 saturated heterocycles. The van der Waals surface area contributed by atoms with Gasteiger partial charge < -0.3 is 38.2 Å². The van der Waals surface area contributed by atoms with Gasteiger partial charge in [0, 0.05) is 17.8 Å². The molecule has 5 heterocycles. The highest BCUT2D eigenvalue weighted by atomic mass is 79.9. The van der Waals surface area contributed by atoms with Gasteiger partial charge in [0.05, 0.1) is 26.5 Å². The number of methoxy groups -OCH3 is 2. The summed E-state index contributed by atoms with van der Waals surface area (Å²) in [7, 11) is 1.02. The van der Waals surface area contributed by atoms with Gasteiger partial charge in [-0.05, 0) is 28.1 Å². The number of aliphatic hydroxyl groups excluding tert-OH is 1. The lowest BCUT2D eigenvalue weighted by Gasteiger charge is -2.27. The normalized spacial score (nSPS) is 26.4. The molecule has 0 spiro atoms. The topological polar surface area (TPSA) is 155 Å². The standard InChI is InChI=1S/C20H19BrN5O8P/c1-30-8-3-4-9(11(5-8)31-2)10-6-25-17(28)13-16(24-20(25)22-10)26(19(21)23-13)18-14(27)15-12(33-18)7-32-35(29)34-15/h3-6,12,14-15,18,27,29H,7H2,1-2H3,(H,22,24). The first-order valence-electron chi connectivity index (χ1n) is 10.4. The first kappa shape index (κ1) is 22.9. The maximum atomic E-state index is 13.3. The molecule has 2 aliphatic heterocycles. The van der Waals surface area contributed by atoms with Crippen LogP contribution >= 0.6 is 24.5 Å². The minimum Gasteiger partial charge on any atom is -0.497 e. The fraction of sp³-hybridized carbons (Fsp3) is 0.350. The lowest BCUT2D eigenvalue weighted by molar-refractivity contribution is -0.0594. The van der Waals surface area contributed by atoms with Gasteiger partial charge in [-0.3, -0.25) is 9.36 Å². The highest BCUT2D eigenvalue weighted by Gasteiger charge is 2.50. The van der Waals surface area contributed by atoms with E-state index >= 15 is 0 Å². The Bertz CT molecular complexity index is 1500. The molecule has 5 atom stereocenters. The van der Waals surface area contributed by atoms with Crippen LogP contribution in [-0.4, -0.2) is 73.1 Å². The van der Waals surface area contributed by atoms with Crippen LogP contribution in [0.4, 0.5) is 0 Å². The number of fused-ring (bicyclic) bond motifs is 3. The maximum absolute atomic E-state index is 13.3. The Balaban J connectivity index is 1.47. The van der Waals surface area contributed by atoms with E-state index in [9.17, 15) is 14.8 Å². The van der Waals surface area contributed by atoms with Gasteiger partial charge in [-0.1, -0.05) is 0 Å². The number of benzene rings is 1. The second-order valence-electron chi connectivity index (χ2n) is 7.93. The molecule has 5 unspecified atom stereocenters. The fourth-order valence-corrected chi connectivity index (χ4v) is 5.71. The number of hydrogen-bond acceptors (Lipinski definition) is 10. The molecule has 0 saturated carbocycles. The predicted molar refractivity (Wildman–Crippen MR) is 125 cm³/mol. The Morgan fingerprint density at radius 1 is 1.29 bits per heavy atom. The number of nitrogens with one attached hydrogen (secondary N) is 1. The Hall–Kier alpha value is -2.58. The third kappa shape index (κ3) is 3.56. The number of aromatic nitrogens is 5. The van der Waals surface area contributed by atoms with Crippen molar-refractivity contribution in [2.45, 2.75) is 24.5 Å². The zero-order chi connectivity index (χ0) is 24.4. The van der Waals surface area contributed by atoms with Gasteiger partial charge in [0.2, 0.25) is 5.78 Å². The summed E-state index contributed by atoms with van der Waals surface area (Å²) in [6.45, 7) is 0.0642. The van der Waals surface area contributed by atoms with Crippen LogP contribution in [0.1, 0.15) is 6.23 Å². The number of aromatic amines is 1. The predicted octanol–water partition coefficient (Wildman–Crippen LogP) is 1.71. The van der Waals surface area contributed by atoms with Gasteiger partial charge in [-0.2, -0.15) is 4.98 Å². The van der Waals surface area contributed by atoms with Crippen molar-refractivity contribution >= 4 is 41.5 Å². The molecule has 0 amide bonds. The second-order valence-corrected chi connectivity index (χ2v) is 9.58. The van der Waals surface area contributed by atoms with Crippen LogP contribution in [0, 0.1) is 0 Å². The number of H-pyrrole nitrogens is 1. The maximum Gasteiger partial charge on any atom is 0.330 e. The Kier molecular flexibility index (Phi) is 5.56. The number of rotatable bonds is 4. The van der Waals surface area contributed by atoms with Crippen LogP contribution in [0.2, 0.25) is 0 Å². The number of hydrogen-bond donors (Lipinski definition) is 3. The molecule has 6 rings (SSSR count). The zero-order valence-corrected chi connectivity index (χ0v) is 20.8. The van der Waals surface area contributed by atoms with E-state index in [1.807, 2.05) is 6.07 Å². The van der Waals surface area contributed by atoms with Crippen LogP contribution in [0.5, 0.6) is 11.5 Å². The van der Waals surface area contributed by atoms with Gasteiger partial charge >= 0.3 is 8.60 Å². The molecule has 0 radical (unpaired) electrons. The number of ether oxygens (including phenoxy) is 3. The van der Waals surface area contributed by atoms with E-state index < -0.39 is 38.7 Å². The van der Waals surface area contributed by atoms with Crippen molar-refractivity contribution in [3.63, 3.8) is 0 Å². The molecule has 0 bridgehead atoms. The molecule has 2 fully saturated rings. The van der Waals surface area contributed by atoms with Crippen molar-refractivity contribution in [3.8, 4) is 22.8 Å². The third-order valence-corrected chi connectivity index (χ3v) is 7.39. The monoisotopic (exact) mass is 567 g/mol. The second kappa shape index (κ2) is 8.52. The fourth-order valence-electron chi connectivity index (χ4n) is 4.35. The van der Waals surface area contributed by atoms with Crippen molar-refractivity contribution < 1.29 is 33.3 Å². The molecule has 184 valence electrons. The average molecular weight is 568 g/mol. The molecule has 4 aromatic rings. The SMILES string of the molecule is COc1ccc(-c2cn3c(=O)c4nc(Br)n(C5OC6COP(O)OC6C5O)c4nc3[nH]2)c(OC)c1. The lowest BCUT2D eigenvalue weighted by atomic mass is 10.1. The number of aliphatic hydroxyl groups is 1. The van der Waals surface area contributed by atoms with Gasteiger partial charge in [-0.25, -0.2) is 9.38 Å². The molecule has 3 N–H and O–H groups in total. The van der Waals surface area contributed by atoms with Crippen LogP contribution in [-0.2, 0) is 13.8 Å². The van der Waals surface area contributed by atoms with Crippen LogP contribution in [0.15, 0.2) is 33.9 Å². The van der Waals surface area contributed by atoms with Crippen molar-refractivity contribution in [2.24, 2.45) is 0 Å². The average Bonchev–Trinajstić information content (AvgIpc) is 3.52. The molecule has 13 nitrogen and oxygen atoms in total. The zero-order valence-electron chi connectivity index (χ0n) is 18.3. The van der Waals surface area contributed by atoms with Gasteiger partial charge in [0.15, 0.2) is 22.1 Å². The Labute approximate surface area is 206 Å². The molecule has 15 heteroatoms. The smallest absolute Gasteiger partial charge is 0.330 e. The molecule has 1 aromatic carbocycles. The highest BCUT2D eigenvalue weighted by Crippen LogP contribution is 2.47. The summed E-state index contributed by atoms with van der Waals surface area (Å²) in [4.78, 5) is 35.1. The summed E-state index contributed by atoms with van der Waals surface area (Å²) < 4.78 is 30.2. The van der Waals surface area contributed by atoms with E-state index in [1.54, 1.807) is 32.5 Å². The summed E-state index contributed by atoms with van der Waals surface area (Å²) in [6, 6.07) is 5.33. The summed E-state index contributed by atoms with van der Waals surface area (Å²) in [5.41, 5.74) is 1.16. The number of nitrogens with zero attached hydrogens (tertiary/aromatic N) is 4. The minimum absolute atomic E-state index is 0.0642. The van der Waals surface area contributed by atoms with Gasteiger partial charge in [0.1, 0.15) is 29.8 Å². The van der Waals surface area contributed by atoms with Crippen molar-refractivity contribution in [3.05, 3.63) is 39.5 Å². The van der Waals surface area contributed by atoms with E-state index in [4.69, 9.17) is 23.3 Å². The van der Waals surface area contributed by atoms with Crippen molar-refractivity contribution in [1.29, 1.82) is 0 Å². The lowest BCUT2D eigenvalue weighted by Crippen LogP contribution is -2.38. The molecular formula is C20H19BrN5O8P. The summed E-state index contributed by atoms with van der Waals surface area (Å²) in [5, 5.41) is 10.9. The van der Waals surface area contributed by atoms with E-state index in [1.165, 1.54) is 8.97 Å².